The second-order valence-corrected chi connectivity index (χ2v) is 3.87. The maximum absolute atomic E-state index is 10.9. The molecular formula is C9H16ClNO2. The molecule has 0 radical (unpaired) electrons. The van der Waals surface area contributed by atoms with Gasteiger partial charge in [-0.1, -0.05) is 0 Å². The summed E-state index contributed by atoms with van der Waals surface area (Å²) in [4.78, 5) is 13.3. The van der Waals surface area contributed by atoms with Crippen molar-refractivity contribution in [3.05, 3.63) is 0 Å². The van der Waals surface area contributed by atoms with Crippen molar-refractivity contribution in [2.45, 2.75) is 31.8 Å². The van der Waals surface area contributed by atoms with Crippen LogP contribution in [0.25, 0.3) is 0 Å². The SMILES string of the molecule is CC(=O)OC12CCN(CC1)CC2.Cl. The summed E-state index contributed by atoms with van der Waals surface area (Å²) < 4.78 is 5.40. The molecule has 0 saturated carbocycles. The number of carbonyl (C=O) groups excluding carboxylic acids is 1. The summed E-state index contributed by atoms with van der Waals surface area (Å²) in [6.45, 7) is 4.82. The molecule has 0 aromatic carbocycles. The second-order valence-electron chi connectivity index (χ2n) is 3.87. The van der Waals surface area contributed by atoms with Gasteiger partial charge in [-0.25, -0.2) is 0 Å². The number of fused-ring (bicyclic) bond motifs is 3. The monoisotopic (exact) mass is 205 g/mol. The molecule has 13 heavy (non-hydrogen) atoms. The topological polar surface area (TPSA) is 29.5 Å². The van der Waals surface area contributed by atoms with Crippen LogP contribution in [0.4, 0.5) is 0 Å². The molecule has 3 heterocycles. The van der Waals surface area contributed by atoms with Crippen LogP contribution in [0.2, 0.25) is 0 Å². The maximum Gasteiger partial charge on any atom is 0.303 e. The minimum absolute atomic E-state index is 0. The Hall–Kier alpha value is -0.280. The van der Waals surface area contributed by atoms with Crippen LogP contribution >= 0.6 is 12.4 Å². The molecule has 0 atom stereocenters. The van der Waals surface area contributed by atoms with Gasteiger partial charge in [0, 0.05) is 45.8 Å². The lowest BCUT2D eigenvalue weighted by molar-refractivity contribution is -0.170. The Morgan fingerprint density at radius 1 is 1.23 bits per heavy atom. The summed E-state index contributed by atoms with van der Waals surface area (Å²) in [5.74, 6) is -0.120. The normalized spacial score (nSPS) is 36.5. The molecule has 4 heteroatoms. The fraction of sp³-hybridized carbons (Fsp3) is 0.889. The van der Waals surface area contributed by atoms with E-state index in [-0.39, 0.29) is 24.0 Å². The van der Waals surface area contributed by atoms with Gasteiger partial charge >= 0.3 is 5.97 Å². The maximum atomic E-state index is 10.9. The van der Waals surface area contributed by atoms with Gasteiger partial charge in [0.15, 0.2) is 0 Å². The van der Waals surface area contributed by atoms with Gasteiger partial charge in [-0.3, -0.25) is 4.79 Å². The number of piperidine rings is 3. The lowest BCUT2D eigenvalue weighted by Crippen LogP contribution is -2.54. The van der Waals surface area contributed by atoms with E-state index in [1.54, 1.807) is 0 Å². The third-order valence-corrected chi connectivity index (χ3v) is 3.01. The summed E-state index contributed by atoms with van der Waals surface area (Å²) in [5, 5.41) is 0. The highest BCUT2D eigenvalue weighted by Crippen LogP contribution is 2.35. The molecule has 0 N–H and O–H groups in total. The summed E-state index contributed by atoms with van der Waals surface area (Å²) in [7, 11) is 0. The zero-order chi connectivity index (χ0) is 8.60. The zero-order valence-electron chi connectivity index (χ0n) is 7.91. The molecule has 0 aliphatic carbocycles. The Kier molecular flexibility index (Phi) is 3.19. The number of hydrogen-bond acceptors (Lipinski definition) is 3. The van der Waals surface area contributed by atoms with Gasteiger partial charge in [-0.2, -0.15) is 0 Å². The molecule has 76 valence electrons. The minimum Gasteiger partial charge on any atom is -0.459 e. The molecule has 3 aliphatic heterocycles. The highest BCUT2D eigenvalue weighted by atomic mass is 35.5. The van der Waals surface area contributed by atoms with E-state index in [9.17, 15) is 4.79 Å². The number of halogens is 1. The molecule has 3 fully saturated rings. The van der Waals surface area contributed by atoms with Crippen molar-refractivity contribution in [1.29, 1.82) is 0 Å². The Balaban J connectivity index is 0.000000845. The minimum atomic E-state index is -0.120. The van der Waals surface area contributed by atoms with E-state index in [4.69, 9.17) is 4.74 Å². The van der Waals surface area contributed by atoms with E-state index < -0.39 is 0 Å². The van der Waals surface area contributed by atoms with Crippen LogP contribution < -0.4 is 0 Å². The molecule has 3 aliphatic rings. The predicted molar refractivity (Wildman–Crippen MR) is 52.0 cm³/mol. The largest absolute Gasteiger partial charge is 0.459 e. The molecule has 3 rings (SSSR count). The smallest absolute Gasteiger partial charge is 0.303 e. The van der Waals surface area contributed by atoms with Crippen molar-refractivity contribution >= 4 is 18.4 Å². The number of hydrogen-bond donors (Lipinski definition) is 0. The first-order valence-electron chi connectivity index (χ1n) is 4.62. The van der Waals surface area contributed by atoms with Crippen molar-refractivity contribution in [2.75, 3.05) is 19.6 Å². The first-order valence-corrected chi connectivity index (χ1v) is 4.62. The average molecular weight is 206 g/mol. The van der Waals surface area contributed by atoms with Crippen molar-refractivity contribution in [1.82, 2.24) is 4.90 Å². The Labute approximate surface area is 84.8 Å². The lowest BCUT2D eigenvalue weighted by atomic mass is 9.83. The van der Waals surface area contributed by atoms with E-state index in [0.29, 0.717) is 0 Å². The molecule has 0 aromatic rings. The van der Waals surface area contributed by atoms with Crippen LogP contribution in [0.3, 0.4) is 0 Å². The zero-order valence-corrected chi connectivity index (χ0v) is 8.73. The van der Waals surface area contributed by atoms with E-state index in [0.717, 1.165) is 38.9 Å². The highest BCUT2D eigenvalue weighted by Gasteiger charge is 2.41. The number of carbonyl (C=O) groups is 1. The standard InChI is InChI=1S/C9H15NO2.ClH/c1-8(11)12-9-2-5-10(6-3-9)7-4-9;/h2-7H2,1H3;1H. The molecule has 3 saturated heterocycles. The van der Waals surface area contributed by atoms with Crippen LogP contribution in [0.1, 0.15) is 26.2 Å². The molecule has 2 bridgehead atoms. The second kappa shape index (κ2) is 3.84. The first-order chi connectivity index (χ1) is 5.70. The van der Waals surface area contributed by atoms with Gasteiger partial charge in [0.2, 0.25) is 0 Å². The van der Waals surface area contributed by atoms with Crippen LogP contribution in [0.15, 0.2) is 0 Å². The van der Waals surface area contributed by atoms with Crippen LogP contribution in [0.5, 0.6) is 0 Å². The van der Waals surface area contributed by atoms with Gasteiger partial charge in [0.05, 0.1) is 0 Å². The summed E-state index contributed by atoms with van der Waals surface area (Å²) in [5.41, 5.74) is -0.0828. The Morgan fingerprint density at radius 3 is 2.08 bits per heavy atom. The first kappa shape index (κ1) is 10.8. The van der Waals surface area contributed by atoms with Gasteiger partial charge in [-0.15, -0.1) is 12.4 Å². The number of rotatable bonds is 1. The molecular weight excluding hydrogens is 190 g/mol. The fourth-order valence-electron chi connectivity index (χ4n) is 2.25. The molecule has 0 amide bonds. The Bertz CT molecular complexity index is 186. The highest BCUT2D eigenvalue weighted by molar-refractivity contribution is 5.85. The Morgan fingerprint density at radius 2 is 1.69 bits per heavy atom. The van der Waals surface area contributed by atoms with Crippen LogP contribution in [-0.2, 0) is 9.53 Å². The van der Waals surface area contributed by atoms with Crippen molar-refractivity contribution < 1.29 is 9.53 Å². The fourth-order valence-corrected chi connectivity index (χ4v) is 2.25. The quantitative estimate of drug-likeness (QED) is 0.603. The number of esters is 1. The number of ether oxygens (including phenoxy) is 1. The number of nitrogens with zero attached hydrogens (tertiary/aromatic N) is 1. The predicted octanol–water partition coefficient (Wildman–Crippen LogP) is 1.21. The summed E-state index contributed by atoms with van der Waals surface area (Å²) in [6, 6.07) is 0. The van der Waals surface area contributed by atoms with E-state index >= 15 is 0 Å². The van der Waals surface area contributed by atoms with Gasteiger partial charge < -0.3 is 9.64 Å². The summed E-state index contributed by atoms with van der Waals surface area (Å²) >= 11 is 0. The van der Waals surface area contributed by atoms with E-state index in [2.05, 4.69) is 4.90 Å². The molecule has 0 aromatic heterocycles. The molecule has 0 unspecified atom stereocenters. The van der Waals surface area contributed by atoms with E-state index in [1.807, 2.05) is 0 Å². The van der Waals surface area contributed by atoms with Crippen molar-refractivity contribution in [2.24, 2.45) is 0 Å². The summed E-state index contributed by atoms with van der Waals surface area (Å²) in [6.07, 6.45) is 3.10. The third-order valence-electron chi connectivity index (χ3n) is 3.01. The van der Waals surface area contributed by atoms with Crippen LogP contribution in [0, 0.1) is 0 Å². The lowest BCUT2D eigenvalue weighted by Gasteiger charge is -2.47. The van der Waals surface area contributed by atoms with Gasteiger partial charge in [0.1, 0.15) is 5.60 Å². The van der Waals surface area contributed by atoms with E-state index in [1.165, 1.54) is 6.92 Å². The van der Waals surface area contributed by atoms with Crippen molar-refractivity contribution in [3.8, 4) is 0 Å². The van der Waals surface area contributed by atoms with Gasteiger partial charge in [0.25, 0.3) is 0 Å². The average Bonchev–Trinajstić information content (AvgIpc) is 2.05. The van der Waals surface area contributed by atoms with Crippen LogP contribution in [-0.4, -0.2) is 36.1 Å². The third kappa shape index (κ3) is 2.15. The molecule has 0 spiro atoms. The molecule has 3 nitrogen and oxygen atoms in total. The van der Waals surface area contributed by atoms with Crippen molar-refractivity contribution in [3.63, 3.8) is 0 Å². The van der Waals surface area contributed by atoms with Gasteiger partial charge in [-0.05, 0) is 0 Å².